The highest BCUT2D eigenvalue weighted by molar-refractivity contribution is 6.14. The first-order chi connectivity index (χ1) is 33.7. The van der Waals surface area contributed by atoms with Gasteiger partial charge in [0, 0.05) is 68.7 Å². The molecule has 0 bridgehead atoms. The molecule has 6 heteroatoms. The maximum absolute atomic E-state index is 5.91. The van der Waals surface area contributed by atoms with Gasteiger partial charge < -0.3 is 0 Å². The van der Waals surface area contributed by atoms with Gasteiger partial charge in [0.2, 0.25) is 0 Å². The first kappa shape index (κ1) is 44.6. The highest BCUT2D eigenvalue weighted by Gasteiger charge is 2.50. The Morgan fingerprint density at radius 2 is 0.522 bits per heavy atom. The molecule has 0 radical (unpaired) electrons. The van der Waals surface area contributed by atoms with Crippen molar-refractivity contribution in [3.8, 4) is 33.8 Å². The number of aromatic nitrogens is 3. The van der Waals surface area contributed by atoms with E-state index in [0.29, 0.717) is 19.3 Å². The van der Waals surface area contributed by atoms with Crippen LogP contribution >= 0.6 is 0 Å². The molecule has 3 aromatic heterocycles. The second-order valence-corrected chi connectivity index (χ2v) is 18.9. The van der Waals surface area contributed by atoms with E-state index in [-0.39, 0.29) is 0 Å². The largest absolute Gasteiger partial charge is 0.278 e. The van der Waals surface area contributed by atoms with Gasteiger partial charge in [0.05, 0.1) is 50.8 Å². The summed E-state index contributed by atoms with van der Waals surface area (Å²) >= 11 is 0. The number of rotatable bonds is 12. The standard InChI is InChI=1S/C63H54N6/c1-61(67-58(49-28-16-7-17-29-49)52-34-37-55(64-40-52)46-22-10-4-11-23-46)43-62(2,68-59(50-30-18-8-19-31-50)53-35-38-56(65-41-53)47-24-12-5-13-25-47)45-63(3,44-61)69-60(51-32-20-9-21-33-51)54-36-39-57(66-42-54)48-26-14-6-15-27-48/h4-42H,43-45H2,1-3H3/b67-58-,68-59-,69-60-. The number of benzene rings is 6. The van der Waals surface area contributed by atoms with Crippen LogP contribution in [0.1, 0.15) is 73.4 Å². The summed E-state index contributed by atoms with van der Waals surface area (Å²) in [6.07, 6.45) is 7.89. The van der Waals surface area contributed by atoms with Crippen LogP contribution in [0, 0.1) is 0 Å². The number of hydrogen-bond donors (Lipinski definition) is 0. The Balaban J connectivity index is 1.14. The molecule has 0 spiro atoms. The maximum Gasteiger partial charge on any atom is 0.0741 e. The van der Waals surface area contributed by atoms with Crippen molar-refractivity contribution >= 4 is 17.1 Å². The van der Waals surface area contributed by atoms with E-state index < -0.39 is 16.6 Å². The van der Waals surface area contributed by atoms with Crippen LogP contribution in [0.5, 0.6) is 0 Å². The third kappa shape index (κ3) is 10.4. The van der Waals surface area contributed by atoms with Crippen molar-refractivity contribution in [1.29, 1.82) is 0 Å². The molecule has 69 heavy (non-hydrogen) atoms. The molecule has 0 saturated heterocycles. The molecule has 0 atom stereocenters. The van der Waals surface area contributed by atoms with Crippen LogP contribution in [0.2, 0.25) is 0 Å². The van der Waals surface area contributed by atoms with Crippen LogP contribution in [0.4, 0.5) is 0 Å². The molecule has 0 unspecified atom stereocenters. The van der Waals surface area contributed by atoms with E-state index >= 15 is 0 Å². The lowest BCUT2D eigenvalue weighted by Gasteiger charge is -2.49. The Morgan fingerprint density at radius 1 is 0.290 bits per heavy atom. The fourth-order valence-corrected chi connectivity index (χ4v) is 10.3. The molecular weight excluding hydrogens is 841 g/mol. The van der Waals surface area contributed by atoms with Crippen molar-refractivity contribution in [2.45, 2.75) is 56.7 Å². The SMILES string of the molecule is CC1(/N=C(/c2ccccc2)c2ccc(-c3ccccc3)nc2)CC(C)(/N=C(/c2ccccc2)c2ccc(-c3ccccc3)nc2)CC(C)(/N=C(/c2ccccc2)c2ccc(-c3ccccc3)nc2)C1. The first-order valence-corrected chi connectivity index (χ1v) is 23.7. The molecule has 3 heterocycles. The van der Waals surface area contributed by atoms with Crippen LogP contribution < -0.4 is 0 Å². The van der Waals surface area contributed by atoms with Gasteiger partial charge in [0.25, 0.3) is 0 Å². The molecule has 0 aliphatic heterocycles. The van der Waals surface area contributed by atoms with Gasteiger partial charge in [-0.2, -0.15) is 0 Å². The molecular formula is C63H54N6. The third-order valence-corrected chi connectivity index (χ3v) is 12.9. The van der Waals surface area contributed by atoms with Gasteiger partial charge in [-0.3, -0.25) is 29.9 Å². The summed E-state index contributed by atoms with van der Waals surface area (Å²) in [5.41, 5.74) is 12.6. The zero-order valence-electron chi connectivity index (χ0n) is 39.3. The molecule has 6 nitrogen and oxygen atoms in total. The van der Waals surface area contributed by atoms with Crippen LogP contribution in [0.3, 0.4) is 0 Å². The number of hydrogen-bond acceptors (Lipinski definition) is 6. The van der Waals surface area contributed by atoms with E-state index in [1.54, 1.807) is 0 Å². The molecule has 336 valence electrons. The first-order valence-electron chi connectivity index (χ1n) is 23.7. The van der Waals surface area contributed by atoms with E-state index in [1.807, 2.05) is 73.2 Å². The average molecular weight is 895 g/mol. The highest BCUT2D eigenvalue weighted by Crippen LogP contribution is 2.48. The summed E-state index contributed by atoms with van der Waals surface area (Å²) in [6, 6.07) is 75.2. The summed E-state index contributed by atoms with van der Waals surface area (Å²) in [5, 5.41) is 0. The molecule has 0 amide bonds. The summed E-state index contributed by atoms with van der Waals surface area (Å²) in [6.45, 7) is 6.87. The van der Waals surface area contributed by atoms with E-state index in [0.717, 1.165) is 84.3 Å². The maximum atomic E-state index is 5.91. The van der Waals surface area contributed by atoms with E-state index in [4.69, 9.17) is 29.9 Å². The molecule has 1 aliphatic rings. The third-order valence-electron chi connectivity index (χ3n) is 12.9. The number of pyridine rings is 3. The molecule has 1 fully saturated rings. The minimum Gasteiger partial charge on any atom is -0.278 e. The summed E-state index contributed by atoms with van der Waals surface area (Å²) < 4.78 is 0. The monoisotopic (exact) mass is 894 g/mol. The fraction of sp³-hybridized carbons (Fsp3) is 0.143. The zero-order chi connectivity index (χ0) is 47.1. The topological polar surface area (TPSA) is 75.8 Å². The van der Waals surface area contributed by atoms with Crippen molar-refractivity contribution in [1.82, 2.24) is 15.0 Å². The molecule has 9 aromatic rings. The van der Waals surface area contributed by atoms with Gasteiger partial charge in [-0.05, 0) is 76.4 Å². The van der Waals surface area contributed by atoms with Crippen molar-refractivity contribution in [2.24, 2.45) is 15.0 Å². The Kier molecular flexibility index (Phi) is 12.6. The second-order valence-electron chi connectivity index (χ2n) is 18.9. The number of nitrogens with zero attached hydrogens (tertiary/aromatic N) is 6. The van der Waals surface area contributed by atoms with Gasteiger partial charge >= 0.3 is 0 Å². The quantitative estimate of drug-likeness (QED) is 0.115. The molecule has 6 aromatic carbocycles. The molecule has 1 aliphatic carbocycles. The second kappa shape index (κ2) is 19.6. The molecule has 1 saturated carbocycles. The van der Waals surface area contributed by atoms with Crippen LogP contribution in [0.15, 0.2) is 252 Å². The van der Waals surface area contributed by atoms with Crippen LogP contribution in [-0.4, -0.2) is 48.7 Å². The van der Waals surface area contributed by atoms with Crippen molar-refractivity contribution in [3.63, 3.8) is 0 Å². The van der Waals surface area contributed by atoms with E-state index in [9.17, 15) is 0 Å². The summed E-state index contributed by atoms with van der Waals surface area (Å²) in [4.78, 5) is 32.7. The predicted octanol–water partition coefficient (Wildman–Crippen LogP) is 14.2. The highest BCUT2D eigenvalue weighted by atomic mass is 15.0. The predicted molar refractivity (Wildman–Crippen MR) is 284 cm³/mol. The van der Waals surface area contributed by atoms with Gasteiger partial charge in [-0.1, -0.05) is 182 Å². The fourth-order valence-electron chi connectivity index (χ4n) is 10.3. The van der Waals surface area contributed by atoms with Crippen LogP contribution in [-0.2, 0) is 0 Å². The Hall–Kier alpha value is -8.22. The molecule has 0 N–H and O–H groups in total. The smallest absolute Gasteiger partial charge is 0.0741 e. The number of aliphatic imine (C=N–C) groups is 3. The van der Waals surface area contributed by atoms with Gasteiger partial charge in [0.1, 0.15) is 0 Å². The average Bonchev–Trinajstić information content (AvgIpc) is 3.40. The zero-order valence-corrected chi connectivity index (χ0v) is 39.3. The van der Waals surface area contributed by atoms with Crippen molar-refractivity contribution < 1.29 is 0 Å². The normalized spacial score (nSPS) is 19.8. The summed E-state index contributed by atoms with van der Waals surface area (Å²) in [7, 11) is 0. The summed E-state index contributed by atoms with van der Waals surface area (Å²) in [5.74, 6) is 0. The van der Waals surface area contributed by atoms with E-state index in [2.05, 4.69) is 185 Å². The van der Waals surface area contributed by atoms with E-state index in [1.165, 1.54) is 0 Å². The Bertz CT molecular complexity index is 2850. The van der Waals surface area contributed by atoms with Gasteiger partial charge in [0.15, 0.2) is 0 Å². The lowest BCUT2D eigenvalue weighted by Crippen LogP contribution is -2.52. The van der Waals surface area contributed by atoms with Crippen molar-refractivity contribution in [2.75, 3.05) is 0 Å². The van der Waals surface area contributed by atoms with Gasteiger partial charge in [-0.15, -0.1) is 0 Å². The minimum absolute atomic E-state index is 0.646. The lowest BCUT2D eigenvalue weighted by atomic mass is 9.65. The van der Waals surface area contributed by atoms with Crippen LogP contribution in [0.25, 0.3) is 33.8 Å². The van der Waals surface area contributed by atoms with Gasteiger partial charge in [-0.25, -0.2) is 0 Å². The lowest BCUT2D eigenvalue weighted by molar-refractivity contribution is 0.149. The van der Waals surface area contributed by atoms with Crippen molar-refractivity contribution in [3.05, 3.63) is 270 Å². The molecule has 10 rings (SSSR count). The minimum atomic E-state index is -0.646. The Labute approximate surface area is 406 Å². The Morgan fingerprint density at radius 3 is 0.739 bits per heavy atom.